The first-order valence-electron chi connectivity index (χ1n) is 10.2. The highest BCUT2D eigenvalue weighted by Gasteiger charge is 2.43. The van der Waals surface area contributed by atoms with Gasteiger partial charge in [-0.05, 0) is 29.3 Å². The summed E-state index contributed by atoms with van der Waals surface area (Å²) in [4.78, 5) is 15.6. The van der Waals surface area contributed by atoms with E-state index in [2.05, 4.69) is 56.3 Å². The molecule has 2 rings (SSSR count). The fraction of sp³-hybridized carbons (Fsp3) is 0.375. The average Bonchev–Trinajstić information content (AvgIpc) is 2.64. The van der Waals surface area contributed by atoms with Crippen LogP contribution in [0.1, 0.15) is 11.1 Å². The number of hydrogen-bond acceptors (Lipinski definition) is 2. The molecule has 156 valence electrons. The lowest BCUT2D eigenvalue weighted by atomic mass is 10.2. The van der Waals surface area contributed by atoms with Crippen molar-refractivity contribution in [3.63, 3.8) is 0 Å². The van der Waals surface area contributed by atoms with E-state index in [-0.39, 0.29) is 5.91 Å². The maximum absolute atomic E-state index is 13.4. The van der Waals surface area contributed by atoms with Crippen molar-refractivity contribution in [1.82, 2.24) is 4.90 Å². The minimum atomic E-state index is -1.61. The van der Waals surface area contributed by atoms with Crippen LogP contribution in [0.25, 0.3) is 6.08 Å². The molecule has 0 atom stereocenters. The molecule has 0 heterocycles. The molecule has 0 radical (unpaired) electrons. The van der Waals surface area contributed by atoms with Crippen LogP contribution in [0.5, 0.6) is 5.75 Å². The van der Waals surface area contributed by atoms with E-state index in [0.29, 0.717) is 11.8 Å². The molecule has 0 saturated carbocycles. The minimum Gasteiger partial charge on any atom is -0.497 e. The van der Waals surface area contributed by atoms with Crippen molar-refractivity contribution in [2.75, 3.05) is 7.11 Å². The molecule has 0 saturated heterocycles. The Hall–Kier alpha value is -2.12. The van der Waals surface area contributed by atoms with Crippen molar-refractivity contribution in [2.24, 2.45) is 0 Å². The molecule has 0 aliphatic rings. The lowest BCUT2D eigenvalue weighted by molar-refractivity contribution is -0.126. The first-order chi connectivity index (χ1) is 13.5. The molecule has 0 aromatic heterocycles. The molecule has 0 aliphatic carbocycles. The summed E-state index contributed by atoms with van der Waals surface area (Å²) in [5.41, 5.74) is 2.18. The zero-order valence-electron chi connectivity index (χ0n) is 18.9. The van der Waals surface area contributed by atoms with Gasteiger partial charge in [0.1, 0.15) is 5.75 Å². The first kappa shape index (κ1) is 23.2. The highest BCUT2D eigenvalue weighted by Crippen LogP contribution is 2.27. The van der Waals surface area contributed by atoms with Gasteiger partial charge in [-0.3, -0.25) is 4.79 Å². The molecule has 0 N–H and O–H groups in total. The van der Waals surface area contributed by atoms with Crippen molar-refractivity contribution < 1.29 is 9.53 Å². The number of hydrogen-bond donors (Lipinski definition) is 0. The van der Waals surface area contributed by atoms with Gasteiger partial charge < -0.3 is 9.64 Å². The zero-order valence-corrected chi connectivity index (χ0v) is 20.9. The van der Waals surface area contributed by atoms with Crippen molar-refractivity contribution in [3.05, 3.63) is 71.8 Å². The summed E-state index contributed by atoms with van der Waals surface area (Å²) < 4.78 is 5.22. The molecule has 1 amide bonds. The second kappa shape index (κ2) is 9.59. The Morgan fingerprint density at radius 1 is 0.931 bits per heavy atom. The fourth-order valence-corrected chi connectivity index (χ4v) is 17.0. The monoisotopic (exact) mass is 425 g/mol. The lowest BCUT2D eigenvalue weighted by Gasteiger charge is -2.46. The number of amides is 1. The number of benzene rings is 2. The summed E-state index contributed by atoms with van der Waals surface area (Å²) >= 11 is 0. The zero-order chi connectivity index (χ0) is 21.7. The van der Waals surface area contributed by atoms with Gasteiger partial charge in [0.2, 0.25) is 5.91 Å². The van der Waals surface area contributed by atoms with Crippen LogP contribution in [0.3, 0.4) is 0 Å². The average molecular weight is 426 g/mol. The number of ether oxygens (including phenoxy) is 1. The Morgan fingerprint density at radius 3 is 1.97 bits per heavy atom. The van der Waals surface area contributed by atoms with Gasteiger partial charge in [-0.15, -0.1) is 0 Å². The van der Waals surface area contributed by atoms with Gasteiger partial charge >= 0.3 is 0 Å². The summed E-state index contributed by atoms with van der Waals surface area (Å²) in [6.07, 6.45) is 3.64. The van der Waals surface area contributed by atoms with Crippen LogP contribution in [0.15, 0.2) is 60.7 Å². The second-order valence-electron chi connectivity index (χ2n) is 9.69. The van der Waals surface area contributed by atoms with Gasteiger partial charge in [0, 0.05) is 17.9 Å². The molecule has 29 heavy (non-hydrogen) atoms. The molecule has 5 heteroatoms. The number of rotatable bonds is 8. The van der Waals surface area contributed by atoms with E-state index in [9.17, 15) is 4.79 Å². The van der Waals surface area contributed by atoms with Crippen LogP contribution in [0.4, 0.5) is 0 Å². The molecule has 0 aliphatic heterocycles. The highest BCUT2D eigenvalue weighted by molar-refractivity contribution is 6.96. The summed E-state index contributed by atoms with van der Waals surface area (Å²) in [5.74, 6) is 0.913. The molecule has 0 spiro atoms. The van der Waals surface area contributed by atoms with Crippen molar-refractivity contribution in [3.8, 4) is 5.75 Å². The molecule has 0 fully saturated rings. The third-order valence-corrected chi connectivity index (χ3v) is 14.1. The van der Waals surface area contributed by atoms with E-state index >= 15 is 0 Å². The maximum Gasteiger partial charge on any atom is 0.246 e. The fourth-order valence-electron chi connectivity index (χ4n) is 4.29. The van der Waals surface area contributed by atoms with Crippen LogP contribution in [-0.4, -0.2) is 39.4 Å². The Bertz CT molecular complexity index is 805. The molecule has 2 aromatic carbocycles. The minimum absolute atomic E-state index is 0.0968. The third kappa shape index (κ3) is 6.72. The van der Waals surface area contributed by atoms with Crippen LogP contribution in [-0.2, 0) is 11.3 Å². The van der Waals surface area contributed by atoms with E-state index in [1.54, 1.807) is 13.2 Å². The summed E-state index contributed by atoms with van der Waals surface area (Å²) in [6, 6.07) is 18.1. The van der Waals surface area contributed by atoms with Gasteiger partial charge in [0.25, 0.3) is 0 Å². The Morgan fingerprint density at radius 2 is 1.48 bits per heavy atom. The van der Waals surface area contributed by atoms with Crippen molar-refractivity contribution in [2.45, 2.75) is 51.1 Å². The number of carbonyl (C=O) groups is 1. The van der Waals surface area contributed by atoms with Crippen LogP contribution < -0.4 is 4.74 Å². The van der Waals surface area contributed by atoms with E-state index in [0.717, 1.165) is 11.3 Å². The SMILES string of the molecule is COc1ccc(C=CC(=O)N(Cc2ccccc2)C([Si](C)(C)C)[Si](C)(C)C)cc1. The van der Waals surface area contributed by atoms with Gasteiger partial charge in [0.15, 0.2) is 0 Å². The van der Waals surface area contributed by atoms with E-state index in [4.69, 9.17) is 4.74 Å². The predicted molar refractivity (Wildman–Crippen MR) is 130 cm³/mol. The van der Waals surface area contributed by atoms with Gasteiger partial charge in [0.05, 0.1) is 23.3 Å². The van der Waals surface area contributed by atoms with Gasteiger partial charge in [-0.2, -0.15) is 0 Å². The van der Waals surface area contributed by atoms with Gasteiger partial charge in [-0.25, -0.2) is 0 Å². The Balaban J connectivity index is 2.36. The molecule has 0 bridgehead atoms. The lowest BCUT2D eigenvalue weighted by Crippen LogP contribution is -2.64. The number of methoxy groups -OCH3 is 1. The van der Waals surface area contributed by atoms with E-state index in [1.165, 1.54) is 5.56 Å². The topological polar surface area (TPSA) is 29.5 Å². The molecule has 0 unspecified atom stereocenters. The summed E-state index contributed by atoms with van der Waals surface area (Å²) in [6.45, 7) is 15.0. The normalized spacial score (nSPS) is 12.4. The van der Waals surface area contributed by atoms with Crippen molar-refractivity contribution >= 4 is 28.1 Å². The smallest absolute Gasteiger partial charge is 0.246 e. The number of carbonyl (C=O) groups excluding carboxylic acids is 1. The number of nitrogens with zero attached hydrogens (tertiary/aromatic N) is 1. The predicted octanol–water partition coefficient (Wildman–Crippen LogP) is 5.86. The largest absolute Gasteiger partial charge is 0.497 e. The van der Waals surface area contributed by atoms with E-state index in [1.807, 2.05) is 48.5 Å². The van der Waals surface area contributed by atoms with Crippen molar-refractivity contribution in [1.29, 1.82) is 0 Å². The highest BCUT2D eigenvalue weighted by atomic mass is 28.4. The standard InChI is InChI=1S/C24H35NO2Si2/c1-27-22-16-13-20(14-17-22)15-18-23(26)25(19-21-11-9-8-10-12-21)24(28(2,3)4)29(5,6)7/h8-18,24H,19H2,1-7H3. The second-order valence-corrected chi connectivity index (χ2v) is 20.8. The maximum atomic E-state index is 13.4. The quantitative estimate of drug-likeness (QED) is 0.391. The first-order valence-corrected chi connectivity index (χ1v) is 17.3. The third-order valence-electron chi connectivity index (χ3n) is 4.97. The summed E-state index contributed by atoms with van der Waals surface area (Å²) in [5, 5.41) is 0.350. The van der Waals surface area contributed by atoms with Crippen LogP contribution in [0, 0.1) is 0 Å². The summed E-state index contributed by atoms with van der Waals surface area (Å²) in [7, 11) is -1.56. The molecular weight excluding hydrogens is 390 g/mol. The Labute approximate surface area is 178 Å². The molecule has 3 nitrogen and oxygen atoms in total. The molecule has 2 aromatic rings. The van der Waals surface area contributed by atoms with Crippen LogP contribution in [0.2, 0.25) is 39.3 Å². The van der Waals surface area contributed by atoms with Crippen LogP contribution >= 0.6 is 0 Å². The van der Waals surface area contributed by atoms with E-state index < -0.39 is 16.1 Å². The van der Waals surface area contributed by atoms with Gasteiger partial charge in [-0.1, -0.05) is 81.7 Å². The Kier molecular flexibility index (Phi) is 7.66. The molecular formula is C24H35NO2Si2.